The number of likely N-dealkylation sites (tertiary alicyclic amines) is 1. The van der Waals surface area contributed by atoms with Gasteiger partial charge < -0.3 is 15.0 Å². The zero-order chi connectivity index (χ0) is 24.0. The van der Waals surface area contributed by atoms with Crippen LogP contribution in [0.2, 0.25) is 0 Å². The maximum atomic E-state index is 14.1. The number of nitrogens with one attached hydrogen (secondary N) is 1. The van der Waals surface area contributed by atoms with Crippen molar-refractivity contribution in [2.45, 2.75) is 24.7 Å². The molecule has 0 radical (unpaired) electrons. The van der Waals surface area contributed by atoms with Gasteiger partial charge in [-0.15, -0.1) is 0 Å². The van der Waals surface area contributed by atoms with Crippen molar-refractivity contribution in [3.63, 3.8) is 0 Å². The lowest BCUT2D eigenvalue weighted by atomic mass is 9.72. The van der Waals surface area contributed by atoms with Crippen molar-refractivity contribution in [1.29, 1.82) is 0 Å². The Balaban J connectivity index is 1.45. The number of amides is 2. The summed E-state index contributed by atoms with van der Waals surface area (Å²) in [6.07, 6.45) is 1.66. The number of carbonyl (C=O) groups excluding carboxylic acids is 2. The van der Waals surface area contributed by atoms with Crippen molar-refractivity contribution in [2.75, 3.05) is 26.7 Å². The van der Waals surface area contributed by atoms with Crippen molar-refractivity contribution < 1.29 is 18.7 Å². The Bertz CT molecular complexity index is 1120. The van der Waals surface area contributed by atoms with Crippen LogP contribution in [-0.2, 0) is 16.6 Å². The molecule has 0 atom stereocenters. The van der Waals surface area contributed by atoms with Crippen LogP contribution in [0, 0.1) is 5.82 Å². The highest BCUT2D eigenvalue weighted by Gasteiger charge is 2.43. The van der Waals surface area contributed by atoms with Crippen LogP contribution in [0.25, 0.3) is 0 Å². The maximum Gasteiger partial charge on any atom is 0.256 e. The van der Waals surface area contributed by atoms with Crippen LogP contribution in [0.4, 0.5) is 4.39 Å². The standard InChI is InChI=1S/C28H29FN2O3/c1-34-23-13-11-21(12-14-23)15-18-30-27(33)28(22-7-3-2-4-8-22)16-19-31(20-17-28)26(32)24-9-5-6-10-25(24)29/h2-14H,15-20H2,1H3,(H,30,33). The van der Waals surface area contributed by atoms with Gasteiger partial charge in [-0.1, -0.05) is 54.6 Å². The largest absolute Gasteiger partial charge is 0.497 e. The Morgan fingerprint density at radius 1 is 0.941 bits per heavy atom. The molecule has 3 aromatic rings. The fraction of sp³-hybridized carbons (Fsp3) is 0.286. The lowest BCUT2D eigenvalue weighted by Crippen LogP contribution is -2.53. The molecule has 0 unspecified atom stereocenters. The van der Waals surface area contributed by atoms with Gasteiger partial charge in [0.05, 0.1) is 18.1 Å². The second kappa shape index (κ2) is 10.5. The molecular weight excluding hydrogens is 431 g/mol. The number of ether oxygens (including phenoxy) is 1. The summed E-state index contributed by atoms with van der Waals surface area (Å²) in [7, 11) is 1.63. The zero-order valence-corrected chi connectivity index (χ0v) is 19.3. The molecule has 1 aliphatic rings. The van der Waals surface area contributed by atoms with Crippen LogP contribution in [0.5, 0.6) is 5.75 Å². The molecule has 1 saturated heterocycles. The first kappa shape index (κ1) is 23.5. The van der Waals surface area contributed by atoms with Crippen LogP contribution >= 0.6 is 0 Å². The van der Waals surface area contributed by atoms with E-state index in [0.717, 1.165) is 16.9 Å². The average Bonchev–Trinajstić information content (AvgIpc) is 2.89. The molecule has 1 aliphatic heterocycles. The SMILES string of the molecule is COc1ccc(CCNC(=O)C2(c3ccccc3)CCN(C(=O)c3ccccc3F)CC2)cc1. The lowest BCUT2D eigenvalue weighted by Gasteiger charge is -2.41. The monoisotopic (exact) mass is 460 g/mol. The molecule has 1 N–H and O–H groups in total. The van der Waals surface area contributed by atoms with Gasteiger partial charge in [0.25, 0.3) is 5.91 Å². The fourth-order valence-electron chi connectivity index (χ4n) is 4.58. The molecule has 0 bridgehead atoms. The number of carbonyl (C=O) groups is 2. The van der Waals surface area contributed by atoms with E-state index in [9.17, 15) is 14.0 Å². The predicted octanol–water partition coefficient (Wildman–Crippen LogP) is 4.37. The molecule has 6 heteroatoms. The Morgan fingerprint density at radius 3 is 2.24 bits per heavy atom. The normalized spacial score (nSPS) is 14.9. The third kappa shape index (κ3) is 4.96. The summed E-state index contributed by atoms with van der Waals surface area (Å²) < 4.78 is 19.3. The topological polar surface area (TPSA) is 58.6 Å². The van der Waals surface area contributed by atoms with Crippen molar-refractivity contribution >= 4 is 11.8 Å². The average molecular weight is 461 g/mol. The molecule has 0 saturated carbocycles. The van der Waals surface area contributed by atoms with E-state index in [4.69, 9.17) is 4.74 Å². The number of hydrogen-bond acceptors (Lipinski definition) is 3. The molecule has 0 spiro atoms. The zero-order valence-electron chi connectivity index (χ0n) is 19.3. The summed E-state index contributed by atoms with van der Waals surface area (Å²) in [6, 6.07) is 23.5. The first-order valence-corrected chi connectivity index (χ1v) is 11.5. The Morgan fingerprint density at radius 2 is 1.59 bits per heavy atom. The minimum Gasteiger partial charge on any atom is -0.497 e. The molecule has 1 heterocycles. The summed E-state index contributed by atoms with van der Waals surface area (Å²) in [5, 5.41) is 3.12. The van der Waals surface area contributed by atoms with E-state index < -0.39 is 11.2 Å². The third-order valence-electron chi connectivity index (χ3n) is 6.63. The number of rotatable bonds is 7. The third-order valence-corrected chi connectivity index (χ3v) is 6.63. The van der Waals surface area contributed by atoms with Gasteiger partial charge in [0.1, 0.15) is 11.6 Å². The number of benzene rings is 3. The van der Waals surface area contributed by atoms with Gasteiger partial charge in [0, 0.05) is 19.6 Å². The molecule has 5 nitrogen and oxygen atoms in total. The van der Waals surface area contributed by atoms with E-state index in [2.05, 4.69) is 5.32 Å². The quantitative estimate of drug-likeness (QED) is 0.570. The van der Waals surface area contributed by atoms with Crippen LogP contribution in [-0.4, -0.2) is 43.5 Å². The number of nitrogens with zero attached hydrogens (tertiary/aromatic N) is 1. The number of hydrogen-bond donors (Lipinski definition) is 1. The number of piperidine rings is 1. The fourth-order valence-corrected chi connectivity index (χ4v) is 4.58. The van der Waals surface area contributed by atoms with Gasteiger partial charge >= 0.3 is 0 Å². The summed E-state index contributed by atoms with van der Waals surface area (Å²) in [5.74, 6) is -0.0962. The van der Waals surface area contributed by atoms with Gasteiger partial charge in [-0.3, -0.25) is 9.59 Å². The highest BCUT2D eigenvalue weighted by Crippen LogP contribution is 2.36. The first-order chi connectivity index (χ1) is 16.5. The summed E-state index contributed by atoms with van der Waals surface area (Å²) >= 11 is 0. The van der Waals surface area contributed by atoms with Gasteiger partial charge in [-0.25, -0.2) is 4.39 Å². The minimum atomic E-state index is -0.729. The Kier molecular flexibility index (Phi) is 7.26. The summed E-state index contributed by atoms with van der Waals surface area (Å²) in [4.78, 5) is 28.0. The second-order valence-electron chi connectivity index (χ2n) is 8.57. The van der Waals surface area contributed by atoms with Gasteiger partial charge in [-0.2, -0.15) is 0 Å². The molecule has 176 valence electrons. The molecular formula is C28H29FN2O3. The smallest absolute Gasteiger partial charge is 0.256 e. The van der Waals surface area contributed by atoms with Gasteiger partial charge in [0.15, 0.2) is 0 Å². The molecule has 0 aliphatic carbocycles. The minimum absolute atomic E-state index is 0.0368. The van der Waals surface area contributed by atoms with E-state index in [1.165, 1.54) is 12.1 Å². The molecule has 0 aromatic heterocycles. The summed E-state index contributed by atoms with van der Waals surface area (Å²) in [6.45, 7) is 1.28. The van der Waals surface area contributed by atoms with E-state index >= 15 is 0 Å². The van der Waals surface area contributed by atoms with E-state index in [1.54, 1.807) is 24.1 Å². The van der Waals surface area contributed by atoms with Gasteiger partial charge in [0.2, 0.25) is 5.91 Å². The predicted molar refractivity (Wildman–Crippen MR) is 129 cm³/mol. The maximum absolute atomic E-state index is 14.1. The van der Waals surface area contributed by atoms with E-state index in [0.29, 0.717) is 38.9 Å². The molecule has 4 rings (SSSR count). The molecule has 2 amide bonds. The molecule has 3 aromatic carbocycles. The Labute approximate surface area is 199 Å². The van der Waals surface area contributed by atoms with E-state index in [1.807, 2.05) is 54.6 Å². The van der Waals surface area contributed by atoms with Gasteiger partial charge in [-0.05, 0) is 54.7 Å². The molecule has 1 fully saturated rings. The highest BCUT2D eigenvalue weighted by atomic mass is 19.1. The van der Waals surface area contributed by atoms with Crippen LogP contribution in [0.15, 0.2) is 78.9 Å². The van der Waals surface area contributed by atoms with Crippen LogP contribution in [0.3, 0.4) is 0 Å². The van der Waals surface area contributed by atoms with Crippen molar-refractivity contribution in [3.05, 3.63) is 101 Å². The highest BCUT2D eigenvalue weighted by molar-refractivity contribution is 5.95. The summed E-state index contributed by atoms with van der Waals surface area (Å²) in [5.41, 5.74) is 1.39. The van der Waals surface area contributed by atoms with Crippen LogP contribution in [0.1, 0.15) is 34.3 Å². The Hall–Kier alpha value is -3.67. The lowest BCUT2D eigenvalue weighted by molar-refractivity contribution is -0.128. The van der Waals surface area contributed by atoms with Crippen LogP contribution < -0.4 is 10.1 Å². The van der Waals surface area contributed by atoms with Crippen molar-refractivity contribution in [2.24, 2.45) is 0 Å². The van der Waals surface area contributed by atoms with Crippen molar-refractivity contribution in [1.82, 2.24) is 10.2 Å². The van der Waals surface area contributed by atoms with Crippen molar-refractivity contribution in [3.8, 4) is 5.75 Å². The first-order valence-electron chi connectivity index (χ1n) is 11.5. The number of halogens is 1. The van der Waals surface area contributed by atoms with E-state index in [-0.39, 0.29) is 17.4 Å². The number of methoxy groups -OCH3 is 1. The molecule has 34 heavy (non-hydrogen) atoms. The second-order valence-corrected chi connectivity index (χ2v) is 8.57.